The molecule has 0 rings (SSSR count). The van der Waals surface area contributed by atoms with Gasteiger partial charge in [0, 0.05) is 12.8 Å². The summed E-state index contributed by atoms with van der Waals surface area (Å²) >= 11 is 0. The Bertz CT molecular complexity index is 838. The van der Waals surface area contributed by atoms with Gasteiger partial charge in [-0.05, 0) is 64.2 Å². The number of phosphoric acid groups is 1. The molecular weight excluding hydrogens is 627 g/mol. The number of allylic oxidation sites excluding steroid dienone is 4. The van der Waals surface area contributed by atoms with Crippen LogP contribution in [0.5, 0.6) is 0 Å². The van der Waals surface area contributed by atoms with Gasteiger partial charge in [0.15, 0.2) is 6.10 Å². The van der Waals surface area contributed by atoms with Gasteiger partial charge in [0.25, 0.3) is 0 Å². The van der Waals surface area contributed by atoms with E-state index in [-0.39, 0.29) is 19.4 Å². The van der Waals surface area contributed by atoms with Crippen molar-refractivity contribution in [1.82, 2.24) is 0 Å². The minimum Gasteiger partial charge on any atom is -0.462 e. The lowest BCUT2D eigenvalue weighted by molar-refractivity contribution is -0.161. The quantitative estimate of drug-likeness (QED) is 0.0287. The number of hydrogen-bond donors (Lipinski definition) is 2. The fourth-order valence-electron chi connectivity index (χ4n) is 5.48. The zero-order valence-electron chi connectivity index (χ0n) is 30.9. The smallest absolute Gasteiger partial charge is 0.462 e. The van der Waals surface area contributed by atoms with Gasteiger partial charge >= 0.3 is 19.8 Å². The number of hydrogen-bond acceptors (Lipinski definition) is 6. The van der Waals surface area contributed by atoms with Crippen LogP contribution in [0.25, 0.3) is 0 Å². The molecule has 0 aliphatic heterocycles. The Hall–Kier alpha value is -1.47. The summed E-state index contributed by atoms with van der Waals surface area (Å²) in [6.45, 7) is 3.65. The molecule has 9 heteroatoms. The first-order valence-corrected chi connectivity index (χ1v) is 21.2. The molecule has 0 saturated heterocycles. The average molecular weight is 701 g/mol. The predicted molar refractivity (Wildman–Crippen MR) is 198 cm³/mol. The molecule has 2 N–H and O–H groups in total. The molecule has 0 bridgehead atoms. The summed E-state index contributed by atoms with van der Waals surface area (Å²) in [5, 5.41) is 0. The van der Waals surface area contributed by atoms with Gasteiger partial charge < -0.3 is 19.3 Å². The van der Waals surface area contributed by atoms with E-state index in [4.69, 9.17) is 19.3 Å². The highest BCUT2D eigenvalue weighted by molar-refractivity contribution is 7.46. The fraction of sp³-hybridized carbons (Fsp3) is 0.846. The fourth-order valence-corrected chi connectivity index (χ4v) is 5.84. The van der Waals surface area contributed by atoms with E-state index in [9.17, 15) is 14.2 Å². The molecule has 1 atom stereocenters. The Morgan fingerprint density at radius 2 is 0.875 bits per heavy atom. The highest BCUT2D eigenvalue weighted by atomic mass is 31.2. The Balaban J connectivity index is 3.99. The molecule has 0 aliphatic carbocycles. The van der Waals surface area contributed by atoms with Gasteiger partial charge in [-0.1, -0.05) is 141 Å². The van der Waals surface area contributed by atoms with Crippen LogP contribution < -0.4 is 0 Å². The van der Waals surface area contributed by atoms with Crippen molar-refractivity contribution in [3.05, 3.63) is 24.3 Å². The SMILES string of the molecule is CCCCCCCCCC/C=C/CCCCCC(=O)OC[C@H](COP(=O)(O)O)OC(=O)CCCCC/C=C/CCCCCCCCCC. The summed E-state index contributed by atoms with van der Waals surface area (Å²) in [4.78, 5) is 42.7. The normalized spacial score (nSPS) is 12.7. The number of unbranched alkanes of at least 4 members (excludes halogenated alkanes) is 22. The Morgan fingerprint density at radius 3 is 1.27 bits per heavy atom. The lowest BCUT2D eigenvalue weighted by atomic mass is 10.1. The first-order chi connectivity index (χ1) is 23.3. The first kappa shape index (κ1) is 46.5. The molecule has 0 aromatic rings. The maximum Gasteiger partial charge on any atom is 0.469 e. The van der Waals surface area contributed by atoms with Crippen molar-refractivity contribution in [2.24, 2.45) is 0 Å². The van der Waals surface area contributed by atoms with Gasteiger partial charge in [0.2, 0.25) is 0 Å². The molecule has 0 fully saturated rings. The third-order valence-electron chi connectivity index (χ3n) is 8.44. The second-order valence-corrected chi connectivity index (χ2v) is 14.5. The highest BCUT2D eigenvalue weighted by Gasteiger charge is 2.22. The third kappa shape index (κ3) is 37.4. The molecule has 8 nitrogen and oxygen atoms in total. The largest absolute Gasteiger partial charge is 0.469 e. The van der Waals surface area contributed by atoms with Gasteiger partial charge in [-0.25, -0.2) is 4.57 Å². The number of phosphoric ester groups is 1. The minimum atomic E-state index is -4.75. The zero-order chi connectivity index (χ0) is 35.4. The third-order valence-corrected chi connectivity index (χ3v) is 8.93. The average Bonchev–Trinajstić information content (AvgIpc) is 3.05. The van der Waals surface area contributed by atoms with Crippen molar-refractivity contribution in [1.29, 1.82) is 0 Å². The van der Waals surface area contributed by atoms with Crippen LogP contribution in [-0.2, 0) is 28.2 Å². The Kier molecular flexibility index (Phi) is 34.3. The molecule has 0 radical (unpaired) electrons. The topological polar surface area (TPSA) is 119 Å². The summed E-state index contributed by atoms with van der Waals surface area (Å²) in [6, 6.07) is 0. The summed E-state index contributed by atoms with van der Waals surface area (Å²) < 4.78 is 26.3. The van der Waals surface area contributed by atoms with E-state index in [1.165, 1.54) is 103 Å². The minimum absolute atomic E-state index is 0.190. The van der Waals surface area contributed by atoms with E-state index in [2.05, 4.69) is 42.7 Å². The van der Waals surface area contributed by atoms with Crippen molar-refractivity contribution in [2.45, 2.75) is 200 Å². The number of ether oxygens (including phenoxy) is 2. The van der Waals surface area contributed by atoms with Gasteiger partial charge in [-0.3, -0.25) is 14.1 Å². The van der Waals surface area contributed by atoms with E-state index >= 15 is 0 Å². The van der Waals surface area contributed by atoms with E-state index in [0.29, 0.717) is 12.8 Å². The van der Waals surface area contributed by atoms with Crippen LogP contribution in [0.2, 0.25) is 0 Å². The van der Waals surface area contributed by atoms with E-state index in [1.807, 2.05) is 0 Å². The number of rotatable bonds is 36. The second-order valence-electron chi connectivity index (χ2n) is 13.2. The Morgan fingerprint density at radius 1 is 0.521 bits per heavy atom. The summed E-state index contributed by atoms with van der Waals surface area (Å²) in [6.07, 6.45) is 39.0. The molecule has 0 unspecified atom stereocenters. The lowest BCUT2D eigenvalue weighted by Crippen LogP contribution is -2.29. The molecular formula is C39H73O8P. The number of esters is 2. The van der Waals surface area contributed by atoms with Gasteiger partial charge in [0.05, 0.1) is 6.61 Å². The van der Waals surface area contributed by atoms with Crippen LogP contribution in [0, 0.1) is 0 Å². The summed E-state index contributed by atoms with van der Waals surface area (Å²) in [7, 11) is -4.75. The van der Waals surface area contributed by atoms with Crippen LogP contribution in [0.15, 0.2) is 24.3 Å². The van der Waals surface area contributed by atoms with Crippen LogP contribution in [0.1, 0.15) is 194 Å². The van der Waals surface area contributed by atoms with E-state index < -0.39 is 32.5 Å². The van der Waals surface area contributed by atoms with Crippen molar-refractivity contribution in [3.63, 3.8) is 0 Å². The number of carbonyl (C=O) groups excluding carboxylic acids is 2. The number of carbonyl (C=O) groups is 2. The lowest BCUT2D eigenvalue weighted by Gasteiger charge is -2.18. The molecule has 0 saturated carbocycles. The van der Waals surface area contributed by atoms with E-state index in [1.54, 1.807) is 0 Å². The molecule has 48 heavy (non-hydrogen) atoms. The molecule has 0 aromatic heterocycles. The maximum absolute atomic E-state index is 12.4. The highest BCUT2D eigenvalue weighted by Crippen LogP contribution is 2.36. The van der Waals surface area contributed by atoms with Crippen molar-refractivity contribution in [3.8, 4) is 0 Å². The van der Waals surface area contributed by atoms with Crippen molar-refractivity contribution < 1.29 is 37.9 Å². The first-order valence-electron chi connectivity index (χ1n) is 19.6. The van der Waals surface area contributed by atoms with Crippen LogP contribution >= 0.6 is 7.82 Å². The van der Waals surface area contributed by atoms with Gasteiger partial charge in [-0.15, -0.1) is 0 Å². The van der Waals surface area contributed by atoms with Crippen LogP contribution in [0.3, 0.4) is 0 Å². The maximum atomic E-state index is 12.4. The second kappa shape index (κ2) is 35.4. The zero-order valence-corrected chi connectivity index (χ0v) is 31.8. The Labute approximate surface area is 294 Å². The van der Waals surface area contributed by atoms with Gasteiger partial charge in [-0.2, -0.15) is 0 Å². The summed E-state index contributed by atoms with van der Waals surface area (Å²) in [5.41, 5.74) is 0. The molecule has 0 spiro atoms. The van der Waals surface area contributed by atoms with Crippen LogP contribution in [0.4, 0.5) is 0 Å². The van der Waals surface area contributed by atoms with Crippen LogP contribution in [-0.4, -0.2) is 41.0 Å². The van der Waals surface area contributed by atoms with Crippen molar-refractivity contribution >= 4 is 19.8 Å². The summed E-state index contributed by atoms with van der Waals surface area (Å²) in [5.74, 6) is -0.918. The van der Waals surface area contributed by atoms with Crippen molar-refractivity contribution in [2.75, 3.05) is 13.2 Å². The standard InChI is InChI=1S/C39H73O8P/c1-3-5-7-9-11-13-15-17-19-21-23-25-27-29-31-33-38(40)45-35-37(36-46-48(42,43)44)47-39(41)34-32-30-28-26-24-22-20-18-16-14-12-10-8-6-4-2/h21-24,37H,3-20,25-36H2,1-2H3,(H2,42,43,44)/b23-21+,24-22+/t37-/m1/s1. The molecule has 0 aromatic carbocycles. The monoisotopic (exact) mass is 701 g/mol. The van der Waals surface area contributed by atoms with E-state index in [0.717, 1.165) is 51.4 Å². The molecule has 0 heterocycles. The predicted octanol–water partition coefficient (Wildman–Crippen LogP) is 11.6. The molecule has 0 amide bonds. The van der Waals surface area contributed by atoms with Gasteiger partial charge in [0.1, 0.15) is 6.61 Å². The molecule has 0 aliphatic rings. The molecule has 282 valence electrons.